The predicted octanol–water partition coefficient (Wildman–Crippen LogP) is 1.17. The highest BCUT2D eigenvalue weighted by Crippen LogP contribution is 2.13. The number of hydrogen-bond donors (Lipinski definition) is 1. The number of ether oxygens (including phenoxy) is 1. The molecule has 0 aliphatic carbocycles. The molecule has 0 spiro atoms. The monoisotopic (exact) mass is 182 g/mol. The molecule has 0 aromatic carbocycles. The molecule has 0 radical (unpaired) electrons. The molecule has 72 valence electrons. The van der Waals surface area contributed by atoms with Gasteiger partial charge in [0.25, 0.3) is 0 Å². The molecule has 0 atom stereocenters. The number of esters is 1. The van der Waals surface area contributed by atoms with E-state index in [1.54, 1.807) is 37.7 Å². The van der Waals surface area contributed by atoms with Crippen LogP contribution in [0.1, 0.15) is 24.2 Å². The maximum absolute atomic E-state index is 11.4. The van der Waals surface area contributed by atoms with Crippen LogP contribution in [-0.4, -0.2) is 16.6 Å². The molecule has 1 aromatic heterocycles. The lowest BCUT2D eigenvalue weighted by Gasteiger charge is -2.07. The van der Waals surface area contributed by atoms with E-state index in [2.05, 4.69) is 0 Å². The third kappa shape index (κ3) is 2.02. The molecule has 1 aromatic rings. The molecular formula is C9H14N2O2. The van der Waals surface area contributed by atoms with Crippen molar-refractivity contribution in [2.24, 2.45) is 7.05 Å². The second kappa shape index (κ2) is 3.51. The van der Waals surface area contributed by atoms with E-state index in [-0.39, 0.29) is 12.1 Å². The van der Waals surface area contributed by atoms with Crippen molar-refractivity contribution in [2.75, 3.05) is 5.73 Å². The van der Waals surface area contributed by atoms with Gasteiger partial charge >= 0.3 is 5.97 Å². The van der Waals surface area contributed by atoms with E-state index in [0.717, 1.165) is 0 Å². The van der Waals surface area contributed by atoms with Gasteiger partial charge in [0.1, 0.15) is 11.4 Å². The molecule has 0 amide bonds. The minimum absolute atomic E-state index is 0.118. The Kier molecular flexibility index (Phi) is 2.60. The summed E-state index contributed by atoms with van der Waals surface area (Å²) in [7, 11) is 1.78. The zero-order chi connectivity index (χ0) is 10.0. The molecule has 4 heteroatoms. The Hall–Kier alpha value is -1.45. The number of hydrogen-bond acceptors (Lipinski definition) is 3. The van der Waals surface area contributed by atoms with Crippen LogP contribution in [0, 0.1) is 0 Å². The Bertz CT molecular complexity index is 315. The summed E-state index contributed by atoms with van der Waals surface area (Å²) >= 11 is 0. The normalized spacial score (nSPS) is 10.5. The standard InChI is InChI=1S/C9H14N2O2/c1-6(2)13-9(12)7-4-5-11(3)8(7)10/h4-6H,10H2,1-3H3. The Morgan fingerprint density at radius 2 is 2.23 bits per heavy atom. The van der Waals surface area contributed by atoms with E-state index in [1.807, 2.05) is 0 Å². The second-order valence-corrected chi connectivity index (χ2v) is 3.18. The fraction of sp³-hybridized carbons (Fsp3) is 0.444. The van der Waals surface area contributed by atoms with Crippen LogP contribution in [0.25, 0.3) is 0 Å². The van der Waals surface area contributed by atoms with E-state index < -0.39 is 0 Å². The van der Waals surface area contributed by atoms with Gasteiger partial charge in [-0.2, -0.15) is 0 Å². The number of nitrogens with zero attached hydrogens (tertiary/aromatic N) is 1. The number of anilines is 1. The lowest BCUT2D eigenvalue weighted by Crippen LogP contribution is -2.13. The topological polar surface area (TPSA) is 57.2 Å². The predicted molar refractivity (Wildman–Crippen MR) is 50.4 cm³/mol. The molecule has 4 nitrogen and oxygen atoms in total. The lowest BCUT2D eigenvalue weighted by molar-refractivity contribution is 0.0379. The van der Waals surface area contributed by atoms with Gasteiger partial charge < -0.3 is 15.0 Å². The fourth-order valence-electron chi connectivity index (χ4n) is 0.992. The van der Waals surface area contributed by atoms with Crippen molar-refractivity contribution in [3.8, 4) is 0 Å². The third-order valence-electron chi connectivity index (χ3n) is 1.68. The van der Waals surface area contributed by atoms with Crippen molar-refractivity contribution >= 4 is 11.8 Å². The van der Waals surface area contributed by atoms with Crippen molar-refractivity contribution in [3.05, 3.63) is 17.8 Å². The molecule has 2 N–H and O–H groups in total. The van der Waals surface area contributed by atoms with Gasteiger partial charge in [-0.05, 0) is 19.9 Å². The highest BCUT2D eigenvalue weighted by atomic mass is 16.5. The van der Waals surface area contributed by atoms with Gasteiger partial charge in [0.05, 0.1) is 6.10 Å². The summed E-state index contributed by atoms with van der Waals surface area (Å²) in [5, 5.41) is 0. The smallest absolute Gasteiger partial charge is 0.342 e. The first kappa shape index (κ1) is 9.64. The summed E-state index contributed by atoms with van der Waals surface area (Å²) < 4.78 is 6.68. The molecule has 0 bridgehead atoms. The van der Waals surface area contributed by atoms with Crippen LogP contribution in [0.3, 0.4) is 0 Å². The maximum Gasteiger partial charge on any atom is 0.342 e. The van der Waals surface area contributed by atoms with Crippen molar-refractivity contribution in [1.82, 2.24) is 4.57 Å². The quantitative estimate of drug-likeness (QED) is 0.698. The minimum atomic E-state index is -0.367. The first-order chi connectivity index (χ1) is 6.02. The number of nitrogens with two attached hydrogens (primary N) is 1. The average Bonchev–Trinajstić information content (AvgIpc) is 2.31. The highest BCUT2D eigenvalue weighted by Gasteiger charge is 2.14. The van der Waals surface area contributed by atoms with Crippen LogP contribution in [0.4, 0.5) is 5.82 Å². The number of carbonyl (C=O) groups is 1. The third-order valence-corrected chi connectivity index (χ3v) is 1.68. The molecule has 0 aliphatic rings. The van der Waals surface area contributed by atoms with Crippen LogP contribution in [-0.2, 0) is 11.8 Å². The number of rotatable bonds is 2. The van der Waals surface area contributed by atoms with E-state index in [0.29, 0.717) is 11.4 Å². The molecule has 0 saturated carbocycles. The van der Waals surface area contributed by atoms with Crippen LogP contribution < -0.4 is 5.73 Å². The summed E-state index contributed by atoms with van der Waals surface area (Å²) in [6.07, 6.45) is 1.61. The Balaban J connectivity index is 2.83. The van der Waals surface area contributed by atoms with Gasteiger partial charge in [0.15, 0.2) is 0 Å². The van der Waals surface area contributed by atoms with Gasteiger partial charge in [-0.1, -0.05) is 0 Å². The summed E-state index contributed by atoms with van der Waals surface area (Å²) in [5.41, 5.74) is 6.07. The molecule has 0 saturated heterocycles. The van der Waals surface area contributed by atoms with Gasteiger partial charge in [-0.25, -0.2) is 4.79 Å². The average molecular weight is 182 g/mol. The SMILES string of the molecule is CC(C)OC(=O)c1ccn(C)c1N. The van der Waals surface area contributed by atoms with Crippen LogP contribution in [0.15, 0.2) is 12.3 Å². The van der Waals surface area contributed by atoms with Crippen molar-refractivity contribution < 1.29 is 9.53 Å². The van der Waals surface area contributed by atoms with Crippen LogP contribution in [0.2, 0.25) is 0 Å². The second-order valence-electron chi connectivity index (χ2n) is 3.18. The first-order valence-corrected chi connectivity index (χ1v) is 4.14. The van der Waals surface area contributed by atoms with Crippen molar-refractivity contribution in [3.63, 3.8) is 0 Å². The van der Waals surface area contributed by atoms with Crippen LogP contribution >= 0.6 is 0 Å². The van der Waals surface area contributed by atoms with E-state index >= 15 is 0 Å². The molecule has 0 unspecified atom stereocenters. The van der Waals surface area contributed by atoms with Crippen molar-refractivity contribution in [1.29, 1.82) is 0 Å². The highest BCUT2D eigenvalue weighted by molar-refractivity contribution is 5.94. The molecule has 0 fully saturated rings. The maximum atomic E-state index is 11.4. The van der Waals surface area contributed by atoms with E-state index in [9.17, 15) is 4.79 Å². The lowest BCUT2D eigenvalue weighted by atomic mass is 10.3. The minimum Gasteiger partial charge on any atom is -0.459 e. The summed E-state index contributed by atoms with van der Waals surface area (Å²) in [4.78, 5) is 11.4. The zero-order valence-electron chi connectivity index (χ0n) is 8.07. The number of carbonyl (C=O) groups excluding carboxylic acids is 1. The van der Waals surface area contributed by atoms with Gasteiger partial charge in [-0.3, -0.25) is 0 Å². The number of aromatic nitrogens is 1. The van der Waals surface area contributed by atoms with Crippen molar-refractivity contribution in [2.45, 2.75) is 20.0 Å². The van der Waals surface area contributed by atoms with Gasteiger partial charge in [0.2, 0.25) is 0 Å². The summed E-state index contributed by atoms with van der Waals surface area (Å²) in [6, 6.07) is 1.65. The van der Waals surface area contributed by atoms with Crippen LogP contribution in [0.5, 0.6) is 0 Å². The van der Waals surface area contributed by atoms with Gasteiger partial charge in [0, 0.05) is 13.2 Å². The zero-order valence-corrected chi connectivity index (χ0v) is 8.07. The fourth-order valence-corrected chi connectivity index (χ4v) is 0.992. The Morgan fingerprint density at radius 1 is 1.62 bits per heavy atom. The molecule has 1 rings (SSSR count). The van der Waals surface area contributed by atoms with E-state index in [1.165, 1.54) is 0 Å². The summed E-state index contributed by atoms with van der Waals surface area (Å²) in [6.45, 7) is 3.61. The number of nitrogen functional groups attached to an aromatic ring is 1. The molecular weight excluding hydrogens is 168 g/mol. The van der Waals surface area contributed by atoms with E-state index in [4.69, 9.17) is 10.5 Å². The summed E-state index contributed by atoms with van der Waals surface area (Å²) in [5.74, 6) is 0.0683. The molecule has 13 heavy (non-hydrogen) atoms. The Morgan fingerprint density at radius 3 is 2.62 bits per heavy atom. The Labute approximate surface area is 77.3 Å². The van der Waals surface area contributed by atoms with Gasteiger partial charge in [-0.15, -0.1) is 0 Å². The molecule has 0 aliphatic heterocycles. The number of aryl methyl sites for hydroxylation is 1. The molecule has 1 heterocycles. The largest absolute Gasteiger partial charge is 0.459 e. The first-order valence-electron chi connectivity index (χ1n) is 4.14.